The van der Waals surface area contributed by atoms with Gasteiger partial charge in [0.1, 0.15) is 11.5 Å². The van der Waals surface area contributed by atoms with E-state index in [1.165, 1.54) is 0 Å². The lowest BCUT2D eigenvalue weighted by atomic mass is 10.2. The fourth-order valence-electron chi connectivity index (χ4n) is 1.83. The Bertz CT molecular complexity index is 508. The number of para-hydroxylation sites is 1. The fraction of sp³-hybridized carbons (Fsp3) is 0.200. The van der Waals surface area contributed by atoms with Crippen LogP contribution < -0.4 is 9.64 Å². The van der Waals surface area contributed by atoms with Crippen molar-refractivity contribution in [2.24, 2.45) is 0 Å². The van der Waals surface area contributed by atoms with Crippen LogP contribution in [-0.2, 0) is 6.54 Å². The Morgan fingerprint density at radius 2 is 1.72 bits per heavy atom. The summed E-state index contributed by atoms with van der Waals surface area (Å²) in [7, 11) is 3.65. The summed E-state index contributed by atoms with van der Waals surface area (Å²) >= 11 is 0. The van der Waals surface area contributed by atoms with Gasteiger partial charge in [0.25, 0.3) is 0 Å². The lowest BCUT2D eigenvalue weighted by Gasteiger charge is -2.20. The average molecular weight is 243 g/mol. The fourth-order valence-corrected chi connectivity index (χ4v) is 1.83. The van der Waals surface area contributed by atoms with Gasteiger partial charge in [0, 0.05) is 24.8 Å². The van der Waals surface area contributed by atoms with Gasteiger partial charge in [-0.25, -0.2) is 0 Å². The van der Waals surface area contributed by atoms with Crippen molar-refractivity contribution in [1.82, 2.24) is 0 Å². The van der Waals surface area contributed by atoms with Gasteiger partial charge >= 0.3 is 0 Å². The monoisotopic (exact) mass is 243 g/mol. The van der Waals surface area contributed by atoms with Crippen molar-refractivity contribution in [3.63, 3.8) is 0 Å². The molecule has 0 bridgehead atoms. The van der Waals surface area contributed by atoms with E-state index < -0.39 is 0 Å². The largest absolute Gasteiger partial charge is 0.508 e. The standard InChI is InChI=1S/C15H17NO2/c1-16(11-12-5-3-4-6-15(12)17)13-7-9-14(18-2)10-8-13/h3-10,17H,11H2,1-2H3. The molecule has 1 N–H and O–H groups in total. The Morgan fingerprint density at radius 1 is 1.06 bits per heavy atom. The van der Waals surface area contributed by atoms with E-state index >= 15 is 0 Å². The van der Waals surface area contributed by atoms with Crippen LogP contribution in [0.4, 0.5) is 5.69 Å². The van der Waals surface area contributed by atoms with Gasteiger partial charge in [-0.15, -0.1) is 0 Å². The van der Waals surface area contributed by atoms with E-state index in [4.69, 9.17) is 4.74 Å². The van der Waals surface area contributed by atoms with Crippen LogP contribution in [0.25, 0.3) is 0 Å². The topological polar surface area (TPSA) is 32.7 Å². The van der Waals surface area contributed by atoms with E-state index in [9.17, 15) is 5.11 Å². The van der Waals surface area contributed by atoms with Crippen LogP contribution in [0.5, 0.6) is 11.5 Å². The SMILES string of the molecule is COc1ccc(N(C)Cc2ccccc2O)cc1. The molecular weight excluding hydrogens is 226 g/mol. The molecule has 0 fully saturated rings. The minimum Gasteiger partial charge on any atom is -0.508 e. The second kappa shape index (κ2) is 5.45. The number of methoxy groups -OCH3 is 1. The van der Waals surface area contributed by atoms with Gasteiger partial charge in [-0.05, 0) is 30.3 Å². The number of rotatable bonds is 4. The first-order valence-electron chi connectivity index (χ1n) is 5.83. The third-order valence-electron chi connectivity index (χ3n) is 2.91. The van der Waals surface area contributed by atoms with Crippen molar-refractivity contribution in [1.29, 1.82) is 0 Å². The smallest absolute Gasteiger partial charge is 0.120 e. The molecule has 0 unspecified atom stereocenters. The highest BCUT2D eigenvalue weighted by atomic mass is 16.5. The highest BCUT2D eigenvalue weighted by Gasteiger charge is 2.05. The van der Waals surface area contributed by atoms with E-state index in [0.29, 0.717) is 12.3 Å². The number of phenols is 1. The van der Waals surface area contributed by atoms with Gasteiger partial charge in [0.05, 0.1) is 7.11 Å². The van der Waals surface area contributed by atoms with Crippen molar-refractivity contribution in [3.8, 4) is 11.5 Å². The molecule has 2 rings (SSSR count). The summed E-state index contributed by atoms with van der Waals surface area (Å²) in [6.07, 6.45) is 0. The summed E-state index contributed by atoms with van der Waals surface area (Å²) in [6.45, 7) is 0.666. The van der Waals surface area contributed by atoms with E-state index in [1.807, 2.05) is 49.5 Å². The molecular formula is C15H17NO2. The minimum absolute atomic E-state index is 0.331. The molecule has 2 aromatic carbocycles. The molecule has 0 saturated carbocycles. The molecule has 0 atom stereocenters. The van der Waals surface area contributed by atoms with Gasteiger partial charge in [0.2, 0.25) is 0 Å². The maximum absolute atomic E-state index is 9.74. The zero-order valence-corrected chi connectivity index (χ0v) is 10.6. The van der Waals surface area contributed by atoms with Gasteiger partial charge < -0.3 is 14.7 Å². The Morgan fingerprint density at radius 3 is 2.33 bits per heavy atom. The van der Waals surface area contributed by atoms with Crippen LogP contribution in [0.1, 0.15) is 5.56 Å². The van der Waals surface area contributed by atoms with Gasteiger partial charge in [-0.1, -0.05) is 18.2 Å². The lowest BCUT2D eigenvalue weighted by Crippen LogP contribution is -2.16. The summed E-state index contributed by atoms with van der Waals surface area (Å²) in [6, 6.07) is 15.2. The molecule has 0 aliphatic rings. The normalized spacial score (nSPS) is 10.1. The Labute approximate surface area is 107 Å². The predicted octanol–water partition coefficient (Wildman–Crippen LogP) is 3.04. The van der Waals surface area contributed by atoms with Crippen molar-refractivity contribution in [2.75, 3.05) is 19.1 Å². The van der Waals surface area contributed by atoms with Crippen molar-refractivity contribution in [2.45, 2.75) is 6.54 Å². The highest BCUT2D eigenvalue weighted by molar-refractivity contribution is 5.49. The van der Waals surface area contributed by atoms with Gasteiger partial charge in [-0.2, -0.15) is 0 Å². The molecule has 2 aromatic rings. The number of hydrogen-bond donors (Lipinski definition) is 1. The summed E-state index contributed by atoms with van der Waals surface area (Å²) in [5.74, 6) is 1.17. The molecule has 0 radical (unpaired) electrons. The molecule has 3 nitrogen and oxygen atoms in total. The number of benzene rings is 2. The van der Waals surface area contributed by atoms with Gasteiger partial charge in [-0.3, -0.25) is 0 Å². The third kappa shape index (κ3) is 2.74. The van der Waals surface area contributed by atoms with E-state index in [1.54, 1.807) is 13.2 Å². The van der Waals surface area contributed by atoms with Crippen LogP contribution in [0, 0.1) is 0 Å². The molecule has 18 heavy (non-hydrogen) atoms. The van der Waals surface area contributed by atoms with Crippen LogP contribution in [0.3, 0.4) is 0 Å². The second-order valence-electron chi connectivity index (χ2n) is 4.18. The highest BCUT2D eigenvalue weighted by Crippen LogP contribution is 2.22. The molecule has 0 spiro atoms. The van der Waals surface area contributed by atoms with E-state index in [0.717, 1.165) is 17.0 Å². The second-order valence-corrected chi connectivity index (χ2v) is 4.18. The molecule has 3 heteroatoms. The first-order chi connectivity index (χ1) is 8.70. The molecule has 0 amide bonds. The summed E-state index contributed by atoms with van der Waals surface area (Å²) in [4.78, 5) is 2.08. The Balaban J connectivity index is 2.11. The number of phenolic OH excluding ortho intramolecular Hbond substituents is 1. The van der Waals surface area contributed by atoms with Crippen LogP contribution >= 0.6 is 0 Å². The zero-order valence-electron chi connectivity index (χ0n) is 10.6. The molecule has 0 aliphatic heterocycles. The first kappa shape index (κ1) is 12.3. The molecule has 0 aromatic heterocycles. The summed E-state index contributed by atoms with van der Waals surface area (Å²) < 4.78 is 5.13. The molecule has 0 aliphatic carbocycles. The van der Waals surface area contributed by atoms with E-state index in [2.05, 4.69) is 4.90 Å². The van der Waals surface area contributed by atoms with Crippen molar-refractivity contribution < 1.29 is 9.84 Å². The summed E-state index contributed by atoms with van der Waals surface area (Å²) in [5, 5.41) is 9.74. The quantitative estimate of drug-likeness (QED) is 0.896. The maximum Gasteiger partial charge on any atom is 0.120 e. The van der Waals surface area contributed by atoms with Crippen LogP contribution in [0.2, 0.25) is 0 Å². The number of aromatic hydroxyl groups is 1. The third-order valence-corrected chi connectivity index (χ3v) is 2.91. The Hall–Kier alpha value is -2.16. The molecule has 94 valence electrons. The zero-order chi connectivity index (χ0) is 13.0. The van der Waals surface area contributed by atoms with Crippen molar-refractivity contribution >= 4 is 5.69 Å². The van der Waals surface area contributed by atoms with Gasteiger partial charge in [0.15, 0.2) is 0 Å². The molecule has 0 heterocycles. The predicted molar refractivity (Wildman–Crippen MR) is 73.2 cm³/mol. The first-order valence-corrected chi connectivity index (χ1v) is 5.83. The summed E-state index contributed by atoms with van der Waals surface area (Å²) in [5.41, 5.74) is 2.00. The number of ether oxygens (including phenoxy) is 1. The lowest BCUT2D eigenvalue weighted by molar-refractivity contribution is 0.415. The Kier molecular flexibility index (Phi) is 3.72. The average Bonchev–Trinajstić information content (AvgIpc) is 2.41. The van der Waals surface area contributed by atoms with Crippen molar-refractivity contribution in [3.05, 3.63) is 54.1 Å². The minimum atomic E-state index is 0.331. The number of anilines is 1. The maximum atomic E-state index is 9.74. The van der Waals surface area contributed by atoms with Crippen LogP contribution in [-0.4, -0.2) is 19.3 Å². The number of hydrogen-bond acceptors (Lipinski definition) is 3. The van der Waals surface area contributed by atoms with E-state index in [-0.39, 0.29) is 0 Å². The van der Waals surface area contributed by atoms with Crippen LogP contribution in [0.15, 0.2) is 48.5 Å². The molecule has 0 saturated heterocycles. The number of nitrogens with zero attached hydrogens (tertiary/aromatic N) is 1.